The molecule has 4 aromatic rings. The van der Waals surface area contributed by atoms with Crippen LogP contribution < -0.4 is 10.3 Å². The number of nitrogens with one attached hydrogen (secondary N) is 1. The number of fused-ring (bicyclic) bond motifs is 2. The van der Waals surface area contributed by atoms with E-state index in [1.54, 1.807) is 36.4 Å². The molecule has 0 amide bonds. The van der Waals surface area contributed by atoms with Crippen molar-refractivity contribution in [3.8, 4) is 5.75 Å². The second kappa shape index (κ2) is 9.63. The highest BCUT2D eigenvalue weighted by Crippen LogP contribution is 2.49. The molecular formula is C27H25N3O6S2. The molecule has 0 spiro atoms. The Hall–Kier alpha value is -3.57. The molecule has 0 aliphatic heterocycles. The monoisotopic (exact) mass is 551 g/mol. The number of ketones is 1. The van der Waals surface area contributed by atoms with E-state index in [4.69, 9.17) is 4.42 Å². The fraction of sp³-hybridized carbons (Fsp3) is 0.333. The summed E-state index contributed by atoms with van der Waals surface area (Å²) < 4.78 is 43.0. The number of aromatic hydroxyl groups is 1. The van der Waals surface area contributed by atoms with Gasteiger partial charge in [-0.25, -0.2) is 13.2 Å². The van der Waals surface area contributed by atoms with Gasteiger partial charge in [-0.05, 0) is 61.4 Å². The summed E-state index contributed by atoms with van der Waals surface area (Å²) in [6.07, 6.45) is 4.76. The number of aryl methyl sites for hydroxylation is 1. The molecular weight excluding hydrogens is 526 g/mol. The predicted octanol–water partition coefficient (Wildman–Crippen LogP) is 4.99. The molecule has 2 aromatic heterocycles. The molecule has 2 aliphatic carbocycles. The summed E-state index contributed by atoms with van der Waals surface area (Å²) in [6, 6.07) is 11.6. The van der Waals surface area contributed by atoms with Crippen molar-refractivity contribution in [1.29, 1.82) is 0 Å². The standard InChI is InChI=1S/C27H25N3O6S2/c31-19-9-2-1-3-10-20-23(19)26(32)24(27(33)36-20)22(15-12-13-15)16-6-4-7-17(14-16)30-38(34,35)21-11-5-8-18-25(21)29-37-28-18/h4-8,11,14-15,22,30,32H,1-3,9-10,12-13H2. The van der Waals surface area contributed by atoms with E-state index in [1.807, 2.05) is 0 Å². The Labute approximate surface area is 222 Å². The number of hydrogen-bond donors (Lipinski definition) is 2. The number of nitrogens with zero attached hydrogens (tertiary/aromatic N) is 2. The van der Waals surface area contributed by atoms with E-state index in [1.165, 1.54) is 6.07 Å². The number of carbonyl (C=O) groups excluding carboxylic acids is 1. The molecule has 38 heavy (non-hydrogen) atoms. The molecule has 6 rings (SSSR count). The molecule has 196 valence electrons. The number of anilines is 1. The van der Waals surface area contributed by atoms with Gasteiger partial charge in [0.1, 0.15) is 27.4 Å². The fourth-order valence-corrected chi connectivity index (χ4v) is 7.12. The minimum Gasteiger partial charge on any atom is -0.506 e. The Morgan fingerprint density at radius 1 is 1.03 bits per heavy atom. The normalized spacial score (nSPS) is 17.0. The van der Waals surface area contributed by atoms with E-state index in [0.29, 0.717) is 35.1 Å². The van der Waals surface area contributed by atoms with E-state index in [-0.39, 0.29) is 39.2 Å². The van der Waals surface area contributed by atoms with Crippen LogP contribution >= 0.6 is 11.7 Å². The molecule has 1 fully saturated rings. The van der Waals surface area contributed by atoms with Gasteiger partial charge in [0.05, 0.1) is 22.9 Å². The van der Waals surface area contributed by atoms with Crippen LogP contribution in [-0.4, -0.2) is 28.1 Å². The quantitative estimate of drug-likeness (QED) is 0.342. The fourth-order valence-electron chi connectivity index (χ4n) is 5.30. The van der Waals surface area contributed by atoms with Gasteiger partial charge in [-0.15, -0.1) is 0 Å². The Kier molecular flexibility index (Phi) is 6.27. The molecule has 0 bridgehead atoms. The first-order valence-electron chi connectivity index (χ1n) is 12.6. The van der Waals surface area contributed by atoms with Crippen molar-refractivity contribution in [1.82, 2.24) is 8.75 Å². The maximum atomic E-state index is 13.3. The summed E-state index contributed by atoms with van der Waals surface area (Å²) in [5, 5.41) is 11.3. The van der Waals surface area contributed by atoms with Crippen LogP contribution in [0.15, 0.2) is 56.6 Å². The minimum absolute atomic E-state index is 0.0198. The minimum atomic E-state index is -3.98. The molecule has 0 saturated heterocycles. The van der Waals surface area contributed by atoms with E-state index < -0.39 is 21.6 Å². The maximum Gasteiger partial charge on any atom is 0.343 e. The van der Waals surface area contributed by atoms with E-state index in [0.717, 1.165) is 43.8 Å². The highest BCUT2D eigenvalue weighted by Gasteiger charge is 2.39. The lowest BCUT2D eigenvalue weighted by Gasteiger charge is -2.21. The highest BCUT2D eigenvalue weighted by molar-refractivity contribution is 7.93. The summed E-state index contributed by atoms with van der Waals surface area (Å²) in [4.78, 5) is 26.1. The van der Waals surface area contributed by atoms with Crippen molar-refractivity contribution in [3.63, 3.8) is 0 Å². The van der Waals surface area contributed by atoms with E-state index >= 15 is 0 Å². The molecule has 1 saturated carbocycles. The van der Waals surface area contributed by atoms with Gasteiger partial charge >= 0.3 is 5.63 Å². The molecule has 2 aliphatic rings. The van der Waals surface area contributed by atoms with Crippen molar-refractivity contribution in [2.24, 2.45) is 5.92 Å². The number of Topliss-reactive ketones (excluding diaryl/α,β-unsaturated/α-hetero) is 1. The largest absolute Gasteiger partial charge is 0.506 e. The smallest absolute Gasteiger partial charge is 0.343 e. The van der Waals surface area contributed by atoms with Crippen LogP contribution in [-0.2, 0) is 16.4 Å². The third-order valence-corrected chi connectivity index (χ3v) is 9.19. The number of rotatable bonds is 6. The number of aromatic nitrogens is 2. The zero-order valence-corrected chi connectivity index (χ0v) is 22.0. The molecule has 2 aromatic carbocycles. The van der Waals surface area contributed by atoms with Crippen LogP contribution in [0.1, 0.15) is 71.7 Å². The van der Waals surface area contributed by atoms with Gasteiger partial charge in [-0.3, -0.25) is 9.52 Å². The van der Waals surface area contributed by atoms with Crippen LogP contribution in [0.5, 0.6) is 5.75 Å². The summed E-state index contributed by atoms with van der Waals surface area (Å²) >= 11 is 0.940. The summed E-state index contributed by atoms with van der Waals surface area (Å²) in [5.41, 5.74) is 1.29. The van der Waals surface area contributed by atoms with Gasteiger partial charge in [0.25, 0.3) is 10.0 Å². The average molecular weight is 552 g/mol. The maximum absolute atomic E-state index is 13.3. The van der Waals surface area contributed by atoms with Crippen molar-refractivity contribution in [2.45, 2.75) is 55.8 Å². The zero-order valence-electron chi connectivity index (χ0n) is 20.3. The van der Waals surface area contributed by atoms with Crippen molar-refractivity contribution >= 4 is 44.3 Å². The Morgan fingerprint density at radius 3 is 2.63 bits per heavy atom. The van der Waals surface area contributed by atoms with Crippen LogP contribution in [0.2, 0.25) is 0 Å². The molecule has 0 radical (unpaired) electrons. The second-order valence-electron chi connectivity index (χ2n) is 9.87. The zero-order chi connectivity index (χ0) is 26.4. The van der Waals surface area contributed by atoms with Crippen LogP contribution in [0.4, 0.5) is 5.69 Å². The van der Waals surface area contributed by atoms with Crippen molar-refractivity contribution in [2.75, 3.05) is 4.72 Å². The van der Waals surface area contributed by atoms with E-state index in [9.17, 15) is 23.1 Å². The first-order valence-corrected chi connectivity index (χ1v) is 14.8. The van der Waals surface area contributed by atoms with Crippen molar-refractivity contribution < 1.29 is 22.7 Å². The Balaban J connectivity index is 1.40. The van der Waals surface area contributed by atoms with Crippen LogP contribution in [0.25, 0.3) is 11.0 Å². The lowest BCUT2D eigenvalue weighted by atomic mass is 9.85. The molecule has 9 nitrogen and oxygen atoms in total. The highest BCUT2D eigenvalue weighted by atomic mass is 32.2. The average Bonchev–Trinajstić information content (AvgIpc) is 3.59. The molecule has 2 N–H and O–H groups in total. The van der Waals surface area contributed by atoms with Gasteiger partial charge in [-0.2, -0.15) is 8.75 Å². The molecule has 11 heteroatoms. The summed E-state index contributed by atoms with van der Waals surface area (Å²) in [6.45, 7) is 0. The Bertz CT molecular complexity index is 1720. The SMILES string of the molecule is O=C1CCCCCc2oc(=O)c(C(c3cccc(NS(=O)(=O)c4cccc5nsnc45)c3)C3CC3)c(O)c21. The molecule has 1 atom stereocenters. The van der Waals surface area contributed by atoms with Crippen LogP contribution in [0.3, 0.4) is 0 Å². The number of hydrogen-bond acceptors (Lipinski definition) is 9. The first-order chi connectivity index (χ1) is 18.3. The number of sulfonamides is 1. The van der Waals surface area contributed by atoms with Gasteiger partial charge in [0.15, 0.2) is 5.78 Å². The number of carbonyl (C=O) groups is 1. The predicted molar refractivity (Wildman–Crippen MR) is 142 cm³/mol. The van der Waals surface area contributed by atoms with Gasteiger partial charge in [-0.1, -0.05) is 24.6 Å². The lowest BCUT2D eigenvalue weighted by Crippen LogP contribution is -2.21. The first kappa shape index (κ1) is 24.7. The Morgan fingerprint density at radius 2 is 1.82 bits per heavy atom. The van der Waals surface area contributed by atoms with Gasteiger partial charge in [0, 0.05) is 24.4 Å². The van der Waals surface area contributed by atoms with Crippen molar-refractivity contribution in [3.05, 3.63) is 75.3 Å². The second-order valence-corrected chi connectivity index (χ2v) is 12.0. The number of benzene rings is 2. The third-order valence-electron chi connectivity index (χ3n) is 7.23. The van der Waals surface area contributed by atoms with Gasteiger partial charge < -0.3 is 9.52 Å². The topological polar surface area (TPSA) is 139 Å². The summed E-state index contributed by atoms with van der Waals surface area (Å²) in [7, 11) is -3.98. The van der Waals surface area contributed by atoms with Gasteiger partial charge in [0.2, 0.25) is 0 Å². The molecule has 1 unspecified atom stereocenters. The van der Waals surface area contributed by atoms with Crippen LogP contribution in [0, 0.1) is 5.92 Å². The summed E-state index contributed by atoms with van der Waals surface area (Å²) in [5.74, 6) is -0.738. The van der Waals surface area contributed by atoms with E-state index in [2.05, 4.69) is 13.5 Å². The lowest BCUT2D eigenvalue weighted by molar-refractivity contribution is 0.0968. The molecule has 2 heterocycles. The third kappa shape index (κ3) is 4.49.